The van der Waals surface area contributed by atoms with E-state index in [1.165, 1.54) is 6.33 Å². The van der Waals surface area contributed by atoms with E-state index >= 15 is 0 Å². The number of aryl methyl sites for hydroxylation is 2. The molecular weight excluding hydrogens is 328 g/mol. The lowest BCUT2D eigenvalue weighted by Crippen LogP contribution is -2.32. The molecule has 1 atom stereocenters. The number of nitrogens with zero attached hydrogens (tertiary/aromatic N) is 5. The van der Waals surface area contributed by atoms with Gasteiger partial charge in [-0.05, 0) is 19.3 Å². The summed E-state index contributed by atoms with van der Waals surface area (Å²) in [4.78, 5) is 25.4. The second-order valence-electron chi connectivity index (χ2n) is 6.38. The lowest BCUT2D eigenvalue weighted by molar-refractivity contribution is -0.122. The van der Waals surface area contributed by atoms with Crippen LogP contribution >= 0.6 is 0 Å². The third-order valence-corrected chi connectivity index (χ3v) is 4.58. The molecular formula is C19H20N6O. The summed E-state index contributed by atoms with van der Waals surface area (Å²) in [6, 6.07) is 9.94. The third kappa shape index (κ3) is 3.61. The summed E-state index contributed by atoms with van der Waals surface area (Å²) < 4.78 is 1.66. The molecule has 2 aromatic heterocycles. The van der Waals surface area contributed by atoms with Gasteiger partial charge in [0.1, 0.15) is 12.7 Å². The molecule has 1 aromatic carbocycles. The van der Waals surface area contributed by atoms with Gasteiger partial charge in [-0.25, -0.2) is 15.0 Å². The average molecular weight is 348 g/mol. The normalized spacial score (nSPS) is 16.1. The maximum atomic E-state index is 12.3. The Hall–Kier alpha value is -3.09. The zero-order chi connectivity index (χ0) is 17.8. The fourth-order valence-corrected chi connectivity index (χ4v) is 3.25. The Kier molecular flexibility index (Phi) is 4.68. The molecule has 1 amide bonds. The summed E-state index contributed by atoms with van der Waals surface area (Å²) in [6.45, 7) is 0.523. The van der Waals surface area contributed by atoms with E-state index in [-0.39, 0.29) is 11.9 Å². The van der Waals surface area contributed by atoms with Crippen molar-refractivity contribution < 1.29 is 4.79 Å². The van der Waals surface area contributed by atoms with E-state index in [2.05, 4.69) is 20.4 Å². The average Bonchev–Trinajstić information content (AvgIpc) is 3.21. The van der Waals surface area contributed by atoms with Crippen molar-refractivity contribution in [1.82, 2.24) is 30.0 Å². The molecule has 0 fully saturated rings. The Bertz CT molecular complexity index is 878. The van der Waals surface area contributed by atoms with Crippen molar-refractivity contribution in [2.75, 3.05) is 0 Å². The van der Waals surface area contributed by atoms with Crippen LogP contribution in [0, 0.1) is 0 Å². The summed E-state index contributed by atoms with van der Waals surface area (Å²) in [7, 11) is 0. The molecule has 1 aliphatic rings. The number of benzene rings is 1. The molecule has 0 spiro atoms. The van der Waals surface area contributed by atoms with E-state index in [4.69, 9.17) is 4.98 Å². The number of amides is 1. The summed E-state index contributed by atoms with van der Waals surface area (Å²) in [6.07, 6.45) is 8.16. The first-order valence-corrected chi connectivity index (χ1v) is 8.82. The lowest BCUT2D eigenvalue weighted by Gasteiger charge is -2.25. The lowest BCUT2D eigenvalue weighted by atomic mass is 9.92. The molecule has 3 aromatic rings. The summed E-state index contributed by atoms with van der Waals surface area (Å²) in [5.41, 5.74) is 3.08. The van der Waals surface area contributed by atoms with Gasteiger partial charge in [0.2, 0.25) is 5.91 Å². The monoisotopic (exact) mass is 348 g/mol. The van der Waals surface area contributed by atoms with E-state index in [0.717, 1.165) is 41.9 Å². The quantitative estimate of drug-likeness (QED) is 0.765. The zero-order valence-corrected chi connectivity index (χ0v) is 14.4. The Morgan fingerprint density at radius 2 is 2.15 bits per heavy atom. The fraction of sp³-hybridized carbons (Fsp3) is 0.316. The van der Waals surface area contributed by atoms with Crippen LogP contribution in [0.25, 0.3) is 11.4 Å². The minimum Gasteiger partial charge on any atom is -0.349 e. The summed E-state index contributed by atoms with van der Waals surface area (Å²) >= 11 is 0. The van der Waals surface area contributed by atoms with E-state index in [1.807, 2.05) is 36.5 Å². The molecule has 4 rings (SSSR count). The zero-order valence-electron chi connectivity index (χ0n) is 14.4. The molecule has 1 aliphatic carbocycles. The van der Waals surface area contributed by atoms with Crippen LogP contribution in [0.5, 0.6) is 0 Å². The number of fused-ring (bicyclic) bond motifs is 1. The van der Waals surface area contributed by atoms with Gasteiger partial charge in [0.25, 0.3) is 0 Å². The highest BCUT2D eigenvalue weighted by molar-refractivity contribution is 5.76. The summed E-state index contributed by atoms with van der Waals surface area (Å²) in [5, 5.41) is 7.13. The molecule has 132 valence electrons. The molecule has 2 heterocycles. The first kappa shape index (κ1) is 16.4. The highest BCUT2D eigenvalue weighted by Crippen LogP contribution is 2.29. The van der Waals surface area contributed by atoms with E-state index in [9.17, 15) is 4.79 Å². The number of nitrogens with one attached hydrogen (secondary N) is 1. The van der Waals surface area contributed by atoms with Crippen molar-refractivity contribution in [1.29, 1.82) is 0 Å². The number of carbonyl (C=O) groups is 1. The molecule has 0 saturated heterocycles. The minimum atomic E-state index is -0.0215. The molecule has 0 bridgehead atoms. The van der Waals surface area contributed by atoms with Gasteiger partial charge >= 0.3 is 0 Å². The number of carbonyl (C=O) groups excluding carboxylic acids is 1. The van der Waals surface area contributed by atoms with Crippen molar-refractivity contribution in [3.05, 3.63) is 60.4 Å². The van der Waals surface area contributed by atoms with E-state index < -0.39 is 0 Å². The minimum absolute atomic E-state index is 0.00508. The van der Waals surface area contributed by atoms with E-state index in [0.29, 0.717) is 13.0 Å². The highest BCUT2D eigenvalue weighted by atomic mass is 16.1. The van der Waals surface area contributed by atoms with Crippen molar-refractivity contribution in [3.8, 4) is 11.4 Å². The maximum absolute atomic E-state index is 12.3. The Morgan fingerprint density at radius 3 is 2.96 bits per heavy atom. The van der Waals surface area contributed by atoms with E-state index in [1.54, 1.807) is 11.0 Å². The third-order valence-electron chi connectivity index (χ3n) is 4.58. The van der Waals surface area contributed by atoms with Gasteiger partial charge in [0.05, 0.1) is 12.6 Å². The first-order valence-electron chi connectivity index (χ1n) is 8.82. The van der Waals surface area contributed by atoms with Crippen LogP contribution in [0.15, 0.2) is 49.2 Å². The Labute approximate surface area is 151 Å². The molecule has 1 N–H and O–H groups in total. The van der Waals surface area contributed by atoms with Crippen LogP contribution in [0.1, 0.15) is 36.6 Å². The standard InChI is InChI=1S/C19H20N6O/c26-18(9-10-25-13-20-12-22-25)23-16-7-4-8-17-15(16)11-21-19(24-17)14-5-2-1-3-6-14/h1-3,5-6,11-13,16H,4,7-10H2,(H,23,26)/t16-/m0/s1. The molecule has 0 unspecified atom stereocenters. The van der Waals surface area contributed by atoms with Crippen molar-refractivity contribution in [2.24, 2.45) is 0 Å². The Morgan fingerprint density at radius 1 is 1.27 bits per heavy atom. The van der Waals surface area contributed by atoms with Crippen LogP contribution in [0.2, 0.25) is 0 Å². The number of hydrogen-bond donors (Lipinski definition) is 1. The van der Waals surface area contributed by atoms with Crippen molar-refractivity contribution in [3.63, 3.8) is 0 Å². The molecule has 7 heteroatoms. The van der Waals surface area contributed by atoms with Gasteiger partial charge in [-0.15, -0.1) is 0 Å². The van der Waals surface area contributed by atoms with Gasteiger partial charge in [-0.3, -0.25) is 9.48 Å². The van der Waals surface area contributed by atoms with Crippen LogP contribution < -0.4 is 5.32 Å². The van der Waals surface area contributed by atoms with Crippen LogP contribution in [0.4, 0.5) is 0 Å². The topological polar surface area (TPSA) is 85.6 Å². The molecule has 0 aliphatic heterocycles. The van der Waals surface area contributed by atoms with Crippen molar-refractivity contribution in [2.45, 2.75) is 38.3 Å². The van der Waals surface area contributed by atoms with Crippen LogP contribution in [0.3, 0.4) is 0 Å². The molecule has 26 heavy (non-hydrogen) atoms. The van der Waals surface area contributed by atoms with Gasteiger partial charge in [-0.2, -0.15) is 5.10 Å². The smallest absolute Gasteiger partial charge is 0.222 e. The fourth-order valence-electron chi connectivity index (χ4n) is 3.25. The maximum Gasteiger partial charge on any atom is 0.222 e. The SMILES string of the molecule is O=C(CCn1cncn1)N[C@H]1CCCc2nc(-c3ccccc3)ncc21. The van der Waals surface area contributed by atoms with Crippen LogP contribution in [-0.4, -0.2) is 30.6 Å². The predicted molar refractivity (Wildman–Crippen MR) is 95.9 cm³/mol. The number of aromatic nitrogens is 5. The van der Waals surface area contributed by atoms with Gasteiger partial charge in [-0.1, -0.05) is 30.3 Å². The predicted octanol–water partition coefficient (Wildman–Crippen LogP) is 2.32. The molecule has 0 saturated carbocycles. The number of rotatable bonds is 5. The second kappa shape index (κ2) is 7.43. The second-order valence-corrected chi connectivity index (χ2v) is 6.38. The van der Waals surface area contributed by atoms with Gasteiger partial charge in [0, 0.05) is 29.4 Å². The first-order chi connectivity index (χ1) is 12.8. The molecule has 7 nitrogen and oxygen atoms in total. The van der Waals surface area contributed by atoms with Gasteiger partial charge < -0.3 is 5.32 Å². The number of hydrogen-bond acceptors (Lipinski definition) is 5. The van der Waals surface area contributed by atoms with Crippen molar-refractivity contribution >= 4 is 5.91 Å². The summed E-state index contributed by atoms with van der Waals surface area (Å²) in [5.74, 6) is 0.744. The molecule has 0 radical (unpaired) electrons. The van der Waals surface area contributed by atoms with Crippen LogP contribution in [-0.2, 0) is 17.8 Å². The van der Waals surface area contributed by atoms with Gasteiger partial charge in [0.15, 0.2) is 5.82 Å². The largest absolute Gasteiger partial charge is 0.349 e. The highest BCUT2D eigenvalue weighted by Gasteiger charge is 2.24. The Balaban J connectivity index is 1.46.